The average molecular weight is 326 g/mol. The van der Waals surface area contributed by atoms with E-state index in [0.29, 0.717) is 23.5 Å². The fourth-order valence-corrected chi connectivity index (χ4v) is 2.89. The van der Waals surface area contributed by atoms with Gasteiger partial charge < -0.3 is 11.1 Å². The smallest absolute Gasteiger partial charge is 0.255 e. The monoisotopic (exact) mass is 326 g/mol. The predicted molar refractivity (Wildman–Crippen MR) is 90.4 cm³/mol. The van der Waals surface area contributed by atoms with E-state index < -0.39 is 17.6 Å². The van der Waals surface area contributed by atoms with Crippen LogP contribution in [0.1, 0.15) is 45.5 Å². The van der Waals surface area contributed by atoms with Gasteiger partial charge in [-0.1, -0.05) is 43.5 Å². The predicted octanol–water partition coefficient (Wildman–Crippen LogP) is 3.52. The molecule has 3 rings (SSSR count). The van der Waals surface area contributed by atoms with Crippen LogP contribution in [-0.4, -0.2) is 11.8 Å². The fourth-order valence-electron chi connectivity index (χ4n) is 2.89. The van der Waals surface area contributed by atoms with Crippen LogP contribution in [0, 0.1) is 11.7 Å². The Bertz CT molecular complexity index is 770. The Kier molecular flexibility index (Phi) is 4.60. The highest BCUT2D eigenvalue weighted by Crippen LogP contribution is 2.33. The van der Waals surface area contributed by atoms with Crippen LogP contribution in [0.25, 0.3) is 0 Å². The summed E-state index contributed by atoms with van der Waals surface area (Å²) in [4.78, 5) is 23.8. The molecule has 1 aliphatic rings. The largest absolute Gasteiger partial charge is 0.366 e. The van der Waals surface area contributed by atoms with E-state index in [2.05, 4.69) is 5.32 Å². The van der Waals surface area contributed by atoms with Crippen LogP contribution in [0.4, 0.5) is 10.1 Å². The second kappa shape index (κ2) is 6.83. The van der Waals surface area contributed by atoms with E-state index in [9.17, 15) is 14.0 Å². The summed E-state index contributed by atoms with van der Waals surface area (Å²) in [7, 11) is 0. The number of rotatable bonds is 5. The van der Waals surface area contributed by atoms with E-state index in [1.54, 1.807) is 36.4 Å². The third-order valence-electron chi connectivity index (χ3n) is 4.50. The molecular weight excluding hydrogens is 307 g/mol. The molecule has 0 heterocycles. The Morgan fingerprint density at radius 1 is 1.12 bits per heavy atom. The number of amides is 2. The molecule has 0 spiro atoms. The van der Waals surface area contributed by atoms with Crippen molar-refractivity contribution in [3.8, 4) is 0 Å². The number of halogens is 1. The molecule has 0 aliphatic heterocycles. The van der Waals surface area contributed by atoms with Crippen LogP contribution >= 0.6 is 0 Å². The summed E-state index contributed by atoms with van der Waals surface area (Å²) < 4.78 is 14.7. The van der Waals surface area contributed by atoms with Crippen molar-refractivity contribution < 1.29 is 14.0 Å². The highest BCUT2D eigenvalue weighted by molar-refractivity contribution is 6.05. The maximum Gasteiger partial charge on any atom is 0.255 e. The molecule has 0 bridgehead atoms. The molecule has 24 heavy (non-hydrogen) atoms. The lowest BCUT2D eigenvalue weighted by Gasteiger charge is -2.26. The molecule has 3 N–H and O–H groups in total. The van der Waals surface area contributed by atoms with Crippen molar-refractivity contribution in [3.63, 3.8) is 0 Å². The van der Waals surface area contributed by atoms with Crippen LogP contribution in [-0.2, 0) is 6.42 Å². The topological polar surface area (TPSA) is 72.2 Å². The molecule has 1 fully saturated rings. The molecule has 4 nitrogen and oxygen atoms in total. The van der Waals surface area contributed by atoms with Gasteiger partial charge in [0.2, 0.25) is 0 Å². The minimum absolute atomic E-state index is 0.0621. The first kappa shape index (κ1) is 16.2. The third-order valence-corrected chi connectivity index (χ3v) is 4.50. The van der Waals surface area contributed by atoms with Crippen LogP contribution in [0.2, 0.25) is 0 Å². The van der Waals surface area contributed by atoms with E-state index >= 15 is 0 Å². The van der Waals surface area contributed by atoms with Gasteiger partial charge >= 0.3 is 0 Å². The molecule has 0 unspecified atom stereocenters. The highest BCUT2D eigenvalue weighted by Gasteiger charge is 2.23. The van der Waals surface area contributed by atoms with Crippen molar-refractivity contribution in [1.29, 1.82) is 0 Å². The Hall–Kier alpha value is -2.69. The SMILES string of the molecule is NC(=O)c1ccc(CC2CCC2)c(NC(=O)c2ccccc2)c1F. The molecule has 0 aromatic heterocycles. The Morgan fingerprint density at radius 3 is 2.42 bits per heavy atom. The second-order valence-corrected chi connectivity index (χ2v) is 6.15. The van der Waals surface area contributed by atoms with Crippen molar-refractivity contribution >= 4 is 17.5 Å². The molecule has 0 atom stereocenters. The molecule has 2 aromatic carbocycles. The summed E-state index contributed by atoms with van der Waals surface area (Å²) in [5, 5.41) is 2.62. The molecular formula is C19H19FN2O2. The number of primary amides is 1. The highest BCUT2D eigenvalue weighted by atomic mass is 19.1. The lowest BCUT2D eigenvalue weighted by molar-refractivity contribution is 0.0992. The van der Waals surface area contributed by atoms with E-state index in [1.807, 2.05) is 0 Å². The first-order chi connectivity index (χ1) is 11.6. The Labute approximate surface area is 139 Å². The zero-order valence-corrected chi connectivity index (χ0v) is 13.2. The Balaban J connectivity index is 1.94. The maximum absolute atomic E-state index is 14.7. The van der Waals surface area contributed by atoms with Crippen LogP contribution in [0.5, 0.6) is 0 Å². The van der Waals surface area contributed by atoms with Gasteiger partial charge in [-0.3, -0.25) is 9.59 Å². The fraction of sp³-hybridized carbons (Fsp3) is 0.263. The zero-order chi connectivity index (χ0) is 17.1. The summed E-state index contributed by atoms with van der Waals surface area (Å²) >= 11 is 0. The minimum atomic E-state index is -0.849. The summed E-state index contributed by atoms with van der Waals surface area (Å²) in [6.45, 7) is 0. The van der Waals surface area contributed by atoms with Crippen molar-refractivity contribution in [3.05, 3.63) is 65.0 Å². The van der Waals surface area contributed by atoms with E-state index in [1.165, 1.54) is 12.5 Å². The molecule has 1 saturated carbocycles. The van der Waals surface area contributed by atoms with Crippen LogP contribution in [0.15, 0.2) is 42.5 Å². The lowest BCUT2D eigenvalue weighted by atomic mass is 9.80. The quantitative estimate of drug-likeness (QED) is 0.882. The molecule has 2 amide bonds. The molecule has 0 saturated heterocycles. The maximum atomic E-state index is 14.7. The first-order valence-corrected chi connectivity index (χ1v) is 8.04. The van der Waals surface area contributed by atoms with Gasteiger partial charge in [0, 0.05) is 5.56 Å². The van der Waals surface area contributed by atoms with E-state index in [-0.39, 0.29) is 11.3 Å². The Morgan fingerprint density at radius 2 is 1.83 bits per heavy atom. The van der Waals surface area contributed by atoms with Gasteiger partial charge in [-0.2, -0.15) is 0 Å². The standard InChI is InChI=1S/C19H19FN2O2/c20-16-15(18(21)23)10-9-14(11-12-5-4-6-12)17(16)22-19(24)13-7-2-1-3-8-13/h1-3,7-10,12H,4-6,11H2,(H2,21,23)(H,22,24). The molecule has 5 heteroatoms. The van der Waals surface area contributed by atoms with Gasteiger partial charge in [0.1, 0.15) is 0 Å². The number of benzene rings is 2. The van der Waals surface area contributed by atoms with Crippen LogP contribution < -0.4 is 11.1 Å². The molecule has 1 aliphatic carbocycles. The van der Waals surface area contributed by atoms with Gasteiger partial charge in [0.15, 0.2) is 5.82 Å². The number of nitrogens with two attached hydrogens (primary N) is 1. The second-order valence-electron chi connectivity index (χ2n) is 6.15. The lowest BCUT2D eigenvalue weighted by Crippen LogP contribution is -2.21. The van der Waals surface area contributed by atoms with Crippen molar-refractivity contribution in [2.24, 2.45) is 11.7 Å². The van der Waals surface area contributed by atoms with Crippen molar-refractivity contribution in [2.75, 3.05) is 5.32 Å². The molecule has 2 aromatic rings. The van der Waals surface area contributed by atoms with Gasteiger partial charge in [-0.25, -0.2) is 4.39 Å². The number of anilines is 1. The van der Waals surface area contributed by atoms with Gasteiger partial charge in [0.25, 0.3) is 11.8 Å². The van der Waals surface area contributed by atoms with Gasteiger partial charge in [-0.05, 0) is 36.1 Å². The minimum Gasteiger partial charge on any atom is -0.366 e. The number of hydrogen-bond acceptors (Lipinski definition) is 2. The van der Waals surface area contributed by atoms with Gasteiger partial charge in [-0.15, -0.1) is 0 Å². The zero-order valence-electron chi connectivity index (χ0n) is 13.2. The van der Waals surface area contributed by atoms with E-state index in [4.69, 9.17) is 5.73 Å². The molecule has 124 valence electrons. The summed E-state index contributed by atoms with van der Waals surface area (Å²) in [6.07, 6.45) is 4.06. The van der Waals surface area contributed by atoms with E-state index in [0.717, 1.165) is 12.8 Å². The van der Waals surface area contributed by atoms with Crippen LogP contribution in [0.3, 0.4) is 0 Å². The third kappa shape index (κ3) is 3.30. The first-order valence-electron chi connectivity index (χ1n) is 8.04. The average Bonchev–Trinajstić information content (AvgIpc) is 2.54. The number of hydrogen-bond donors (Lipinski definition) is 2. The summed E-state index contributed by atoms with van der Waals surface area (Å²) in [5.41, 5.74) is 6.20. The summed E-state index contributed by atoms with van der Waals surface area (Å²) in [5.74, 6) is -1.52. The number of carbonyl (C=O) groups is 2. The normalized spacial score (nSPS) is 14.0. The van der Waals surface area contributed by atoms with Crippen molar-refractivity contribution in [2.45, 2.75) is 25.7 Å². The van der Waals surface area contributed by atoms with Crippen molar-refractivity contribution in [1.82, 2.24) is 0 Å². The number of carbonyl (C=O) groups excluding carboxylic acids is 2. The number of nitrogens with one attached hydrogen (secondary N) is 1. The van der Waals surface area contributed by atoms with Gasteiger partial charge in [0.05, 0.1) is 11.3 Å². The summed E-state index contributed by atoms with van der Waals surface area (Å²) in [6, 6.07) is 11.6. The molecule has 0 radical (unpaired) electrons.